The van der Waals surface area contributed by atoms with Gasteiger partial charge in [-0.2, -0.15) is 0 Å². The Bertz CT molecular complexity index is 379. The molecule has 5 nitrogen and oxygen atoms in total. The van der Waals surface area contributed by atoms with E-state index in [0.29, 0.717) is 36.8 Å². The van der Waals surface area contributed by atoms with Gasteiger partial charge in [0.15, 0.2) is 0 Å². The van der Waals surface area contributed by atoms with E-state index >= 15 is 0 Å². The number of ether oxygens (including phenoxy) is 3. The van der Waals surface area contributed by atoms with E-state index in [0.717, 1.165) is 0 Å². The third-order valence-electron chi connectivity index (χ3n) is 2.13. The molecule has 0 aromatic heterocycles. The second-order valence-corrected chi connectivity index (χ2v) is 3.29. The zero-order valence-electron chi connectivity index (χ0n) is 10.1. The molecule has 1 aromatic rings. The Morgan fingerprint density at radius 1 is 1.35 bits per heavy atom. The van der Waals surface area contributed by atoms with Crippen molar-refractivity contribution in [3.63, 3.8) is 0 Å². The first-order valence-electron chi connectivity index (χ1n) is 5.37. The summed E-state index contributed by atoms with van der Waals surface area (Å²) < 4.78 is 15.2. The molecule has 0 saturated heterocycles. The van der Waals surface area contributed by atoms with E-state index in [1.165, 1.54) is 7.11 Å². The van der Waals surface area contributed by atoms with Gasteiger partial charge in [-0.05, 0) is 25.1 Å². The maximum atomic E-state index is 11.4. The van der Waals surface area contributed by atoms with Crippen LogP contribution in [0.1, 0.15) is 17.3 Å². The van der Waals surface area contributed by atoms with Gasteiger partial charge in [0.25, 0.3) is 0 Å². The quantitative estimate of drug-likeness (QED) is 0.462. The van der Waals surface area contributed by atoms with Crippen LogP contribution in [0.25, 0.3) is 0 Å². The topological polar surface area (TPSA) is 70.8 Å². The second kappa shape index (κ2) is 6.75. The molecule has 0 radical (unpaired) electrons. The van der Waals surface area contributed by atoms with E-state index in [1.54, 1.807) is 18.2 Å². The molecule has 0 saturated carbocycles. The fourth-order valence-corrected chi connectivity index (χ4v) is 1.27. The zero-order chi connectivity index (χ0) is 12.7. The minimum atomic E-state index is -0.474. The van der Waals surface area contributed by atoms with Crippen LogP contribution in [0.3, 0.4) is 0 Å². The molecule has 1 aromatic carbocycles. The number of anilines is 1. The normalized spacial score (nSPS) is 10.0. The highest BCUT2D eigenvalue weighted by Gasteiger charge is 2.10. The summed E-state index contributed by atoms with van der Waals surface area (Å²) >= 11 is 0. The Labute approximate surface area is 100 Å². The summed E-state index contributed by atoms with van der Waals surface area (Å²) in [6, 6.07) is 4.88. The molecule has 0 bridgehead atoms. The maximum Gasteiger partial charge on any atom is 0.340 e. The predicted octanol–water partition coefficient (Wildman–Crippen LogP) is 1.47. The molecule has 0 aliphatic carbocycles. The minimum Gasteiger partial charge on any atom is -0.491 e. The van der Waals surface area contributed by atoms with Gasteiger partial charge >= 0.3 is 5.97 Å². The first-order valence-corrected chi connectivity index (χ1v) is 5.37. The Morgan fingerprint density at radius 3 is 2.76 bits per heavy atom. The molecule has 0 fully saturated rings. The Hall–Kier alpha value is -1.75. The van der Waals surface area contributed by atoms with Crippen molar-refractivity contribution in [3.05, 3.63) is 23.8 Å². The summed E-state index contributed by atoms with van der Waals surface area (Å²) in [5.74, 6) is 0.0945. The van der Waals surface area contributed by atoms with Gasteiger partial charge < -0.3 is 19.9 Å². The highest BCUT2D eigenvalue weighted by molar-refractivity contribution is 5.95. The average molecular weight is 239 g/mol. The Balaban J connectivity index is 2.65. The molecule has 5 heteroatoms. The molecule has 0 spiro atoms. The number of carbonyl (C=O) groups excluding carboxylic acids is 1. The van der Waals surface area contributed by atoms with Crippen LogP contribution in [0.2, 0.25) is 0 Å². The molecule has 94 valence electrons. The summed E-state index contributed by atoms with van der Waals surface area (Å²) in [6.45, 7) is 3.50. The van der Waals surface area contributed by atoms with Crippen LogP contribution in [-0.4, -0.2) is 32.9 Å². The number of methoxy groups -OCH3 is 1. The van der Waals surface area contributed by atoms with Crippen molar-refractivity contribution in [1.82, 2.24) is 0 Å². The van der Waals surface area contributed by atoms with Gasteiger partial charge in [0.05, 0.1) is 19.3 Å². The molecule has 0 heterocycles. The molecular formula is C12H17NO4. The van der Waals surface area contributed by atoms with Gasteiger partial charge in [0, 0.05) is 12.3 Å². The van der Waals surface area contributed by atoms with E-state index in [-0.39, 0.29) is 0 Å². The van der Waals surface area contributed by atoms with Crippen LogP contribution in [0.15, 0.2) is 18.2 Å². The molecule has 1 rings (SSSR count). The van der Waals surface area contributed by atoms with Crippen LogP contribution in [0.4, 0.5) is 5.69 Å². The van der Waals surface area contributed by atoms with Crippen molar-refractivity contribution in [2.24, 2.45) is 0 Å². The van der Waals surface area contributed by atoms with Gasteiger partial charge in [0.1, 0.15) is 12.4 Å². The number of esters is 1. The number of hydrogen-bond acceptors (Lipinski definition) is 5. The molecule has 0 unspecified atom stereocenters. The third-order valence-corrected chi connectivity index (χ3v) is 2.13. The average Bonchev–Trinajstić information content (AvgIpc) is 2.35. The number of benzene rings is 1. The van der Waals surface area contributed by atoms with E-state index in [2.05, 4.69) is 4.74 Å². The largest absolute Gasteiger partial charge is 0.491 e. The van der Waals surface area contributed by atoms with Gasteiger partial charge in [-0.25, -0.2) is 4.79 Å². The standard InChI is InChI=1S/C12H17NO4/c1-3-16-6-7-17-9-4-5-11(13)10(8-9)12(14)15-2/h4-5,8H,3,6-7,13H2,1-2H3. The summed E-state index contributed by atoms with van der Waals surface area (Å²) in [7, 11) is 1.31. The molecule has 0 amide bonds. The van der Waals surface area contributed by atoms with Crippen molar-refractivity contribution in [2.45, 2.75) is 6.92 Å². The first-order chi connectivity index (χ1) is 8.19. The molecule has 2 N–H and O–H groups in total. The molecule has 0 aliphatic heterocycles. The highest BCUT2D eigenvalue weighted by Crippen LogP contribution is 2.20. The molecule has 0 atom stereocenters. The minimum absolute atomic E-state index is 0.307. The van der Waals surface area contributed by atoms with Crippen molar-refractivity contribution in [3.8, 4) is 5.75 Å². The van der Waals surface area contributed by atoms with Crippen LogP contribution in [-0.2, 0) is 9.47 Å². The summed E-state index contributed by atoms with van der Waals surface area (Å²) in [5.41, 5.74) is 6.34. The van der Waals surface area contributed by atoms with Gasteiger partial charge in [-0.15, -0.1) is 0 Å². The van der Waals surface area contributed by atoms with Crippen molar-refractivity contribution < 1.29 is 19.0 Å². The lowest BCUT2D eigenvalue weighted by atomic mass is 10.2. The highest BCUT2D eigenvalue weighted by atomic mass is 16.5. The molecular weight excluding hydrogens is 222 g/mol. The van der Waals surface area contributed by atoms with Crippen LogP contribution in [0, 0.1) is 0 Å². The second-order valence-electron chi connectivity index (χ2n) is 3.29. The van der Waals surface area contributed by atoms with Crippen LogP contribution < -0.4 is 10.5 Å². The van der Waals surface area contributed by atoms with Crippen molar-refractivity contribution in [1.29, 1.82) is 0 Å². The Kier molecular flexibility index (Phi) is 5.29. The first kappa shape index (κ1) is 13.3. The summed E-state index contributed by atoms with van der Waals surface area (Å²) in [6.07, 6.45) is 0. The third kappa shape index (κ3) is 3.96. The number of rotatable bonds is 6. The SMILES string of the molecule is CCOCCOc1ccc(N)c(C(=O)OC)c1. The maximum absolute atomic E-state index is 11.4. The number of nitrogens with two attached hydrogens (primary N) is 1. The fourth-order valence-electron chi connectivity index (χ4n) is 1.27. The van der Waals surface area contributed by atoms with E-state index in [9.17, 15) is 4.79 Å². The Morgan fingerprint density at radius 2 is 2.12 bits per heavy atom. The number of nitrogen functional groups attached to an aromatic ring is 1. The molecule has 17 heavy (non-hydrogen) atoms. The molecule has 0 aliphatic rings. The number of carbonyl (C=O) groups is 1. The zero-order valence-corrected chi connectivity index (χ0v) is 10.1. The lowest BCUT2D eigenvalue weighted by molar-refractivity contribution is 0.0601. The van der Waals surface area contributed by atoms with Gasteiger partial charge in [0.2, 0.25) is 0 Å². The predicted molar refractivity (Wildman–Crippen MR) is 64.2 cm³/mol. The van der Waals surface area contributed by atoms with E-state index < -0.39 is 5.97 Å². The van der Waals surface area contributed by atoms with E-state index in [4.69, 9.17) is 15.2 Å². The van der Waals surface area contributed by atoms with Gasteiger partial charge in [-0.3, -0.25) is 0 Å². The monoisotopic (exact) mass is 239 g/mol. The van der Waals surface area contributed by atoms with Crippen molar-refractivity contribution >= 4 is 11.7 Å². The summed E-state index contributed by atoms with van der Waals surface area (Å²) in [5, 5.41) is 0. The fraction of sp³-hybridized carbons (Fsp3) is 0.417. The smallest absolute Gasteiger partial charge is 0.340 e. The van der Waals surface area contributed by atoms with Crippen LogP contribution in [0.5, 0.6) is 5.75 Å². The number of hydrogen-bond donors (Lipinski definition) is 1. The lowest BCUT2D eigenvalue weighted by Crippen LogP contribution is -2.09. The van der Waals surface area contributed by atoms with Gasteiger partial charge in [-0.1, -0.05) is 0 Å². The summed E-state index contributed by atoms with van der Waals surface area (Å²) in [4.78, 5) is 11.4. The van der Waals surface area contributed by atoms with E-state index in [1.807, 2.05) is 6.92 Å². The van der Waals surface area contributed by atoms with Crippen LogP contribution >= 0.6 is 0 Å². The lowest BCUT2D eigenvalue weighted by Gasteiger charge is -2.09. The van der Waals surface area contributed by atoms with Crippen molar-refractivity contribution in [2.75, 3.05) is 32.7 Å².